The molecule has 2 amide bonds. The van der Waals surface area contributed by atoms with E-state index in [2.05, 4.69) is 71.2 Å². The maximum Gasteiger partial charge on any atom is 0.234 e. The van der Waals surface area contributed by atoms with Gasteiger partial charge in [-0.05, 0) is 59.4 Å². The Balaban J connectivity index is 1.11. The van der Waals surface area contributed by atoms with Gasteiger partial charge in [0.15, 0.2) is 5.78 Å². The third-order valence-electron chi connectivity index (χ3n) is 10.0. The number of fused-ring (bicyclic) bond motifs is 4. The van der Waals surface area contributed by atoms with E-state index in [-0.39, 0.29) is 23.5 Å². The predicted octanol–water partition coefficient (Wildman–Crippen LogP) is 5.31. The van der Waals surface area contributed by atoms with Crippen LogP contribution >= 0.6 is 0 Å². The van der Waals surface area contributed by atoms with Crippen LogP contribution in [0.15, 0.2) is 54.6 Å². The Kier molecular flexibility index (Phi) is 7.09. The number of aromatic nitrogens is 1. The van der Waals surface area contributed by atoms with Crippen molar-refractivity contribution in [2.45, 2.75) is 57.9 Å². The number of benzene rings is 3. The summed E-state index contributed by atoms with van der Waals surface area (Å²) in [6.45, 7) is 10.9. The van der Waals surface area contributed by atoms with Gasteiger partial charge in [0.2, 0.25) is 11.8 Å². The highest BCUT2D eigenvalue weighted by Gasteiger charge is 2.40. The van der Waals surface area contributed by atoms with Crippen molar-refractivity contribution in [1.82, 2.24) is 15.2 Å². The minimum atomic E-state index is -0.416. The molecule has 1 unspecified atom stereocenters. The summed E-state index contributed by atoms with van der Waals surface area (Å²) in [6, 6.07) is 20.3. The first-order valence-corrected chi connectivity index (χ1v) is 15.9. The number of anilines is 1. The molecule has 45 heavy (non-hydrogen) atoms. The number of imide groups is 1. The van der Waals surface area contributed by atoms with Crippen molar-refractivity contribution < 1.29 is 14.4 Å². The van der Waals surface area contributed by atoms with Gasteiger partial charge in [-0.25, -0.2) is 0 Å². The third-order valence-corrected chi connectivity index (χ3v) is 10.0. The van der Waals surface area contributed by atoms with E-state index in [4.69, 9.17) is 0 Å². The lowest BCUT2D eigenvalue weighted by Gasteiger charge is -2.39. The molecule has 2 saturated heterocycles. The van der Waals surface area contributed by atoms with Crippen molar-refractivity contribution in [3.8, 4) is 6.07 Å². The highest BCUT2D eigenvalue weighted by molar-refractivity contribution is 6.20. The molecule has 1 atom stereocenters. The highest BCUT2D eigenvalue weighted by atomic mass is 16.2. The number of nitriles is 1. The predicted molar refractivity (Wildman–Crippen MR) is 173 cm³/mol. The molecule has 228 valence electrons. The summed E-state index contributed by atoms with van der Waals surface area (Å²) in [5, 5.41) is 12.8. The van der Waals surface area contributed by atoms with Crippen LogP contribution in [0.25, 0.3) is 10.9 Å². The maximum absolute atomic E-state index is 14.0. The summed E-state index contributed by atoms with van der Waals surface area (Å²) in [5.74, 6) is -0.626. The number of piperidine rings is 1. The van der Waals surface area contributed by atoms with Gasteiger partial charge in [0, 0.05) is 72.4 Å². The highest BCUT2D eigenvalue weighted by Crippen LogP contribution is 2.46. The maximum atomic E-state index is 14.0. The molecule has 8 nitrogen and oxygen atoms in total. The molecule has 8 heteroatoms. The topological polar surface area (TPSA) is 109 Å². The van der Waals surface area contributed by atoms with Gasteiger partial charge in [-0.1, -0.05) is 51.1 Å². The van der Waals surface area contributed by atoms with Crippen molar-refractivity contribution in [2.75, 3.05) is 31.1 Å². The Morgan fingerprint density at radius 3 is 2.53 bits per heavy atom. The third kappa shape index (κ3) is 4.92. The van der Waals surface area contributed by atoms with Gasteiger partial charge in [-0.3, -0.25) is 24.6 Å². The first-order chi connectivity index (χ1) is 21.7. The van der Waals surface area contributed by atoms with E-state index in [1.807, 2.05) is 24.3 Å². The molecule has 7 rings (SSSR count). The smallest absolute Gasteiger partial charge is 0.234 e. The molecule has 0 saturated carbocycles. The molecule has 0 bridgehead atoms. The number of aromatic amines is 1. The zero-order valence-electron chi connectivity index (χ0n) is 26.0. The van der Waals surface area contributed by atoms with Gasteiger partial charge >= 0.3 is 0 Å². The van der Waals surface area contributed by atoms with Crippen molar-refractivity contribution in [3.63, 3.8) is 0 Å². The molecule has 2 N–H and O–H groups in total. The van der Waals surface area contributed by atoms with Gasteiger partial charge in [-0.15, -0.1) is 0 Å². The number of H-pyrrole nitrogens is 1. The van der Waals surface area contributed by atoms with Crippen molar-refractivity contribution in [3.05, 3.63) is 99.2 Å². The summed E-state index contributed by atoms with van der Waals surface area (Å²) in [7, 11) is 0. The Bertz CT molecular complexity index is 1920. The van der Waals surface area contributed by atoms with Crippen LogP contribution < -0.4 is 10.2 Å². The minimum Gasteiger partial charge on any atom is -0.369 e. The summed E-state index contributed by atoms with van der Waals surface area (Å²) in [4.78, 5) is 46.4. The zero-order chi connectivity index (χ0) is 31.5. The quantitative estimate of drug-likeness (QED) is 0.301. The average molecular weight is 600 g/mol. The van der Waals surface area contributed by atoms with Gasteiger partial charge in [0.1, 0.15) is 0 Å². The number of amides is 2. The fourth-order valence-electron chi connectivity index (χ4n) is 7.48. The number of carbonyl (C=O) groups is 3. The molecule has 2 fully saturated rings. The van der Waals surface area contributed by atoms with Gasteiger partial charge in [0.05, 0.1) is 23.1 Å². The van der Waals surface area contributed by atoms with E-state index in [0.29, 0.717) is 18.4 Å². The van der Waals surface area contributed by atoms with Gasteiger partial charge in [-0.2, -0.15) is 5.26 Å². The van der Waals surface area contributed by atoms with E-state index in [0.717, 1.165) is 78.0 Å². The lowest BCUT2D eigenvalue weighted by molar-refractivity contribution is -0.134. The first kappa shape index (κ1) is 29.0. The minimum absolute atomic E-state index is 0.0425. The van der Waals surface area contributed by atoms with Crippen LogP contribution in [-0.4, -0.2) is 53.7 Å². The normalized spacial score (nSPS) is 19.6. The van der Waals surface area contributed by atoms with Crippen molar-refractivity contribution in [2.24, 2.45) is 0 Å². The number of aryl methyl sites for hydroxylation is 1. The SMILES string of the molecule is CCc1cc2c(cc1N1CCN(Cc3cccc(C4CCC(=O)NC4=O)c3)CC1)C(C)(C)c1[nH]c3cc(C#N)ccc3c1C2=O. The fourth-order valence-corrected chi connectivity index (χ4v) is 7.48. The monoisotopic (exact) mass is 599 g/mol. The van der Waals surface area contributed by atoms with Crippen LogP contribution in [0.2, 0.25) is 0 Å². The van der Waals surface area contributed by atoms with Crippen molar-refractivity contribution in [1.29, 1.82) is 5.26 Å². The number of hydrogen-bond donors (Lipinski definition) is 2. The zero-order valence-corrected chi connectivity index (χ0v) is 26.0. The van der Waals surface area contributed by atoms with Crippen LogP contribution in [0.5, 0.6) is 0 Å². The summed E-state index contributed by atoms with van der Waals surface area (Å²) >= 11 is 0. The van der Waals surface area contributed by atoms with Gasteiger partial charge in [0.25, 0.3) is 0 Å². The van der Waals surface area contributed by atoms with Crippen LogP contribution in [-0.2, 0) is 28.0 Å². The van der Waals surface area contributed by atoms with Crippen LogP contribution in [0.3, 0.4) is 0 Å². The Morgan fingerprint density at radius 2 is 1.80 bits per heavy atom. The lowest BCUT2D eigenvalue weighted by Crippen LogP contribution is -2.46. The molecule has 1 aliphatic carbocycles. The molecule has 2 aliphatic heterocycles. The molecule has 0 spiro atoms. The molecular formula is C37H37N5O3. The van der Waals surface area contributed by atoms with E-state index < -0.39 is 5.41 Å². The van der Waals surface area contributed by atoms with Crippen LogP contribution in [0, 0.1) is 11.3 Å². The molecule has 3 aromatic carbocycles. The number of nitrogens with one attached hydrogen (secondary N) is 2. The summed E-state index contributed by atoms with van der Waals surface area (Å²) in [6.07, 6.45) is 1.76. The molecule has 1 aromatic heterocycles. The second-order valence-electron chi connectivity index (χ2n) is 13.1. The fraction of sp³-hybridized carbons (Fsp3) is 0.351. The van der Waals surface area contributed by atoms with E-state index in [9.17, 15) is 19.6 Å². The molecule has 3 heterocycles. The van der Waals surface area contributed by atoms with E-state index in [1.54, 1.807) is 6.07 Å². The van der Waals surface area contributed by atoms with Crippen molar-refractivity contribution >= 4 is 34.2 Å². The van der Waals surface area contributed by atoms with Crippen LogP contribution in [0.4, 0.5) is 5.69 Å². The molecule has 0 radical (unpaired) electrons. The van der Waals surface area contributed by atoms with Crippen LogP contribution in [0.1, 0.15) is 89.0 Å². The second kappa shape index (κ2) is 11.0. The van der Waals surface area contributed by atoms with E-state index >= 15 is 0 Å². The number of carbonyl (C=O) groups excluding carboxylic acids is 3. The largest absolute Gasteiger partial charge is 0.369 e. The Hall–Kier alpha value is -4.74. The summed E-state index contributed by atoms with van der Waals surface area (Å²) in [5.41, 5.74) is 8.93. The first-order valence-electron chi connectivity index (χ1n) is 15.9. The molecule has 4 aromatic rings. The number of hydrogen-bond acceptors (Lipinski definition) is 6. The second-order valence-corrected chi connectivity index (χ2v) is 13.1. The summed E-state index contributed by atoms with van der Waals surface area (Å²) < 4.78 is 0. The Labute approximate surface area is 263 Å². The number of piperazine rings is 1. The number of ketones is 1. The molecule has 3 aliphatic rings. The number of nitrogens with zero attached hydrogens (tertiary/aromatic N) is 3. The standard InChI is InChI=1S/C37H37N5O3/c1-4-24-18-28-29(37(2,3)35-33(34(28)44)27-9-8-22(20-38)17-30(27)39-35)19-31(24)42-14-12-41(13-15-42)21-23-6-5-7-25(16-23)26-10-11-32(43)40-36(26)45/h5-9,16-19,26,39H,4,10-15,21H2,1-3H3,(H,40,43,45). The van der Waals surface area contributed by atoms with E-state index in [1.165, 1.54) is 16.8 Å². The van der Waals surface area contributed by atoms with Gasteiger partial charge < -0.3 is 9.88 Å². The lowest BCUT2D eigenvalue weighted by atomic mass is 9.70. The average Bonchev–Trinajstić information content (AvgIpc) is 3.44. The number of rotatable bonds is 5. The molecular weight excluding hydrogens is 562 g/mol. The Morgan fingerprint density at radius 1 is 1.00 bits per heavy atom.